The third kappa shape index (κ3) is 1.52. The topological polar surface area (TPSA) is 13.1 Å². The van der Waals surface area contributed by atoms with E-state index in [9.17, 15) is 0 Å². The van der Waals surface area contributed by atoms with Gasteiger partial charge in [0.2, 0.25) is 0 Å². The molecule has 76 valence electrons. The van der Waals surface area contributed by atoms with Crippen LogP contribution in [0.15, 0.2) is 27.1 Å². The van der Waals surface area contributed by atoms with E-state index < -0.39 is 0 Å². The predicted molar refractivity (Wildman–Crippen MR) is 66.4 cm³/mol. The van der Waals surface area contributed by atoms with Crippen molar-refractivity contribution in [3.05, 3.63) is 39.0 Å². The van der Waals surface area contributed by atoms with Gasteiger partial charge in [0.25, 0.3) is 0 Å². The Labute approximate surface area is 101 Å². The molecular weight excluding hydrogens is 275 g/mol. The summed E-state index contributed by atoms with van der Waals surface area (Å²) in [5.74, 6) is 0.963. The van der Waals surface area contributed by atoms with Gasteiger partial charge in [-0.3, -0.25) is 0 Å². The van der Waals surface area contributed by atoms with Crippen LogP contribution < -0.4 is 0 Å². The van der Waals surface area contributed by atoms with Crippen molar-refractivity contribution in [1.82, 2.24) is 0 Å². The van der Waals surface area contributed by atoms with Crippen molar-refractivity contribution >= 4 is 44.6 Å². The molecule has 1 aliphatic carbocycles. The molecule has 0 saturated carbocycles. The first-order valence-electron chi connectivity index (χ1n) is 4.81. The minimum absolute atomic E-state index is 0.719. The summed E-state index contributed by atoms with van der Waals surface area (Å²) in [5.41, 5.74) is 2.18. The van der Waals surface area contributed by atoms with Gasteiger partial charge in [-0.25, -0.2) is 0 Å². The summed E-state index contributed by atoms with van der Waals surface area (Å²) in [4.78, 5) is 0. The van der Waals surface area contributed by atoms with Gasteiger partial charge in [0, 0.05) is 22.0 Å². The molecule has 0 saturated heterocycles. The van der Waals surface area contributed by atoms with Crippen molar-refractivity contribution in [2.75, 3.05) is 0 Å². The number of aryl methyl sites for hydroxylation is 1. The van der Waals surface area contributed by atoms with Crippen molar-refractivity contribution in [3.63, 3.8) is 0 Å². The van der Waals surface area contributed by atoms with Crippen LogP contribution in [0, 0.1) is 0 Å². The second kappa shape index (κ2) is 3.39. The molecule has 2 aromatic rings. The van der Waals surface area contributed by atoms with Crippen LogP contribution in [0.4, 0.5) is 0 Å². The molecule has 0 spiro atoms. The molecule has 0 N–H and O–H groups in total. The highest BCUT2D eigenvalue weighted by Crippen LogP contribution is 2.35. The van der Waals surface area contributed by atoms with Crippen LogP contribution in [0.2, 0.25) is 5.02 Å². The van der Waals surface area contributed by atoms with E-state index in [0.717, 1.165) is 29.2 Å². The summed E-state index contributed by atoms with van der Waals surface area (Å²) < 4.78 is 6.95. The Morgan fingerprint density at radius 1 is 1.27 bits per heavy atom. The summed E-state index contributed by atoms with van der Waals surface area (Å²) in [6.45, 7) is 0. The average molecular weight is 284 g/mol. The van der Waals surface area contributed by atoms with Crippen molar-refractivity contribution in [1.29, 1.82) is 0 Å². The Bertz CT molecular complexity index is 568. The molecule has 1 heterocycles. The van der Waals surface area contributed by atoms with Gasteiger partial charge in [0.1, 0.15) is 11.3 Å². The first kappa shape index (κ1) is 9.49. The lowest BCUT2D eigenvalue weighted by molar-refractivity contribution is 0.595. The molecule has 0 amide bonds. The van der Waals surface area contributed by atoms with Gasteiger partial charge in [-0.1, -0.05) is 27.5 Å². The van der Waals surface area contributed by atoms with Gasteiger partial charge in [-0.05, 0) is 35.5 Å². The van der Waals surface area contributed by atoms with E-state index in [4.69, 9.17) is 16.0 Å². The molecule has 0 bridgehead atoms. The first-order valence-corrected chi connectivity index (χ1v) is 5.98. The highest BCUT2D eigenvalue weighted by molar-refractivity contribution is 9.11. The van der Waals surface area contributed by atoms with E-state index in [1.165, 1.54) is 15.4 Å². The van der Waals surface area contributed by atoms with E-state index in [0.29, 0.717) is 0 Å². The molecule has 15 heavy (non-hydrogen) atoms. The smallest absolute Gasteiger partial charge is 0.136 e. The van der Waals surface area contributed by atoms with Crippen molar-refractivity contribution in [3.8, 4) is 0 Å². The molecule has 1 aromatic carbocycles. The number of furan rings is 1. The van der Waals surface area contributed by atoms with Crippen LogP contribution in [0.25, 0.3) is 17.0 Å². The maximum atomic E-state index is 5.93. The molecule has 0 fully saturated rings. The average Bonchev–Trinajstić information content (AvgIpc) is 2.53. The highest BCUT2D eigenvalue weighted by atomic mass is 79.9. The second-order valence-electron chi connectivity index (χ2n) is 3.68. The maximum Gasteiger partial charge on any atom is 0.136 e. The monoisotopic (exact) mass is 282 g/mol. The zero-order valence-electron chi connectivity index (χ0n) is 7.89. The van der Waals surface area contributed by atoms with E-state index in [2.05, 4.69) is 15.9 Å². The minimum Gasteiger partial charge on any atom is -0.456 e. The third-order valence-electron chi connectivity index (χ3n) is 2.69. The lowest BCUT2D eigenvalue weighted by Gasteiger charge is -2.06. The van der Waals surface area contributed by atoms with Gasteiger partial charge in [-0.15, -0.1) is 0 Å². The predicted octanol–water partition coefficient (Wildman–Crippen LogP) is 4.77. The Hall–Kier alpha value is -0.730. The number of fused-ring (bicyclic) bond motifs is 3. The zero-order chi connectivity index (χ0) is 10.4. The van der Waals surface area contributed by atoms with Crippen molar-refractivity contribution < 1.29 is 4.42 Å². The Balaban J connectivity index is 2.33. The van der Waals surface area contributed by atoms with E-state index in [1.54, 1.807) is 0 Å². The quantitative estimate of drug-likeness (QED) is 0.679. The van der Waals surface area contributed by atoms with E-state index >= 15 is 0 Å². The molecule has 0 atom stereocenters. The Morgan fingerprint density at radius 3 is 3.00 bits per heavy atom. The largest absolute Gasteiger partial charge is 0.456 e. The lowest BCUT2D eigenvalue weighted by atomic mass is 10.0. The number of benzene rings is 1. The third-order valence-corrected chi connectivity index (χ3v) is 3.55. The summed E-state index contributed by atoms with van der Waals surface area (Å²) in [7, 11) is 0. The van der Waals surface area contributed by atoms with Gasteiger partial charge in [0.05, 0.1) is 0 Å². The molecule has 0 radical (unpaired) electrons. The van der Waals surface area contributed by atoms with Gasteiger partial charge < -0.3 is 4.42 Å². The van der Waals surface area contributed by atoms with Crippen LogP contribution >= 0.6 is 27.5 Å². The molecule has 0 unspecified atom stereocenters. The van der Waals surface area contributed by atoms with Crippen LogP contribution in [-0.2, 0) is 6.42 Å². The van der Waals surface area contributed by atoms with Gasteiger partial charge >= 0.3 is 0 Å². The minimum atomic E-state index is 0.719. The molecule has 3 heteroatoms. The number of hydrogen-bond acceptors (Lipinski definition) is 1. The Morgan fingerprint density at radius 2 is 2.13 bits per heavy atom. The van der Waals surface area contributed by atoms with Crippen LogP contribution in [0.1, 0.15) is 17.7 Å². The summed E-state index contributed by atoms with van der Waals surface area (Å²) in [6, 6.07) is 5.82. The van der Waals surface area contributed by atoms with Crippen LogP contribution in [-0.4, -0.2) is 0 Å². The lowest BCUT2D eigenvalue weighted by Crippen LogP contribution is -1.92. The number of rotatable bonds is 0. The van der Waals surface area contributed by atoms with E-state index in [1.807, 2.05) is 24.3 Å². The summed E-state index contributed by atoms with van der Waals surface area (Å²) in [5, 5.41) is 1.90. The fourth-order valence-electron chi connectivity index (χ4n) is 1.98. The Kier molecular flexibility index (Phi) is 2.15. The normalized spacial score (nSPS) is 15.2. The van der Waals surface area contributed by atoms with Crippen LogP contribution in [0.5, 0.6) is 0 Å². The number of allylic oxidation sites excluding steroid dienone is 1. The fourth-order valence-corrected chi connectivity index (χ4v) is 2.54. The van der Waals surface area contributed by atoms with Crippen LogP contribution in [0.3, 0.4) is 0 Å². The summed E-state index contributed by atoms with van der Waals surface area (Å²) >= 11 is 9.43. The van der Waals surface area contributed by atoms with Gasteiger partial charge in [-0.2, -0.15) is 0 Å². The maximum absolute atomic E-state index is 5.93. The second-order valence-corrected chi connectivity index (χ2v) is 5.13. The van der Waals surface area contributed by atoms with Gasteiger partial charge in [0.15, 0.2) is 0 Å². The number of hydrogen-bond donors (Lipinski definition) is 0. The SMILES string of the molecule is Clc1ccc2c3c(oc2c1)C=C(Br)CC3. The molecular formula is C12H8BrClO. The first-order chi connectivity index (χ1) is 7.24. The van der Waals surface area contributed by atoms with Crippen molar-refractivity contribution in [2.45, 2.75) is 12.8 Å². The standard InChI is InChI=1S/C12H8BrClO/c13-7-1-3-9-10-4-2-8(14)6-12(10)15-11(9)5-7/h2,4-6H,1,3H2. The summed E-state index contributed by atoms with van der Waals surface area (Å²) in [6.07, 6.45) is 4.12. The molecule has 1 aliphatic rings. The molecule has 3 rings (SSSR count). The molecule has 0 aliphatic heterocycles. The number of halogens is 2. The zero-order valence-corrected chi connectivity index (χ0v) is 10.2. The highest BCUT2D eigenvalue weighted by Gasteiger charge is 2.16. The van der Waals surface area contributed by atoms with Crippen molar-refractivity contribution in [2.24, 2.45) is 0 Å². The fraction of sp³-hybridized carbons (Fsp3) is 0.167. The molecule has 1 nitrogen and oxygen atoms in total. The van der Waals surface area contributed by atoms with E-state index in [-0.39, 0.29) is 0 Å². The molecule has 1 aromatic heterocycles.